The molecule has 28 heavy (non-hydrogen) atoms. The topological polar surface area (TPSA) is 89.9 Å². The molecule has 2 aliphatic rings. The number of aromatic nitrogens is 1. The van der Waals surface area contributed by atoms with Crippen LogP contribution < -0.4 is 15.5 Å². The third kappa shape index (κ3) is 5.78. The molecule has 2 saturated heterocycles. The van der Waals surface area contributed by atoms with Crippen LogP contribution in [0.25, 0.3) is 0 Å². The van der Waals surface area contributed by atoms with E-state index in [9.17, 15) is 12.8 Å². The summed E-state index contributed by atoms with van der Waals surface area (Å²) in [6.45, 7) is 6.67. The molecular weight excluding hydrogens is 383 g/mol. The number of anilines is 1. The van der Waals surface area contributed by atoms with E-state index in [0.717, 1.165) is 32.0 Å². The molecule has 3 rings (SSSR count). The molecule has 0 bridgehead atoms. The van der Waals surface area contributed by atoms with E-state index in [-0.39, 0.29) is 23.4 Å². The van der Waals surface area contributed by atoms with Gasteiger partial charge in [0.1, 0.15) is 0 Å². The van der Waals surface area contributed by atoms with Crippen LogP contribution in [-0.2, 0) is 9.84 Å². The highest BCUT2D eigenvalue weighted by Gasteiger charge is 2.26. The normalized spacial score (nSPS) is 23.0. The van der Waals surface area contributed by atoms with Crippen molar-refractivity contribution in [3.8, 4) is 0 Å². The molecule has 0 aliphatic carbocycles. The maximum atomic E-state index is 13.9. The summed E-state index contributed by atoms with van der Waals surface area (Å²) >= 11 is 0. The van der Waals surface area contributed by atoms with Gasteiger partial charge in [-0.15, -0.1) is 0 Å². The molecular formula is C18H29FN6O2S. The number of guanidine groups is 1. The molecule has 0 saturated carbocycles. The monoisotopic (exact) mass is 412 g/mol. The average molecular weight is 413 g/mol. The second kappa shape index (κ2) is 9.51. The van der Waals surface area contributed by atoms with Crippen molar-refractivity contribution in [1.82, 2.24) is 20.5 Å². The number of hydrogen-bond acceptors (Lipinski definition) is 6. The zero-order valence-electron chi connectivity index (χ0n) is 16.3. The fraction of sp³-hybridized carbons (Fsp3) is 0.667. The van der Waals surface area contributed by atoms with Gasteiger partial charge < -0.3 is 15.5 Å². The van der Waals surface area contributed by atoms with Crippen LogP contribution in [0.4, 0.5) is 10.2 Å². The number of nitrogens with zero attached hydrogens (tertiary/aromatic N) is 4. The Bertz CT molecular complexity index is 774. The zero-order chi connectivity index (χ0) is 20.0. The van der Waals surface area contributed by atoms with Crippen LogP contribution in [0.3, 0.4) is 0 Å². The number of nitrogens with one attached hydrogen (secondary N) is 2. The van der Waals surface area contributed by atoms with E-state index in [2.05, 4.69) is 25.5 Å². The Morgan fingerprint density at radius 2 is 2.14 bits per heavy atom. The van der Waals surface area contributed by atoms with Crippen LogP contribution >= 0.6 is 0 Å². The number of pyridine rings is 1. The largest absolute Gasteiger partial charge is 0.357 e. The molecule has 1 unspecified atom stereocenters. The van der Waals surface area contributed by atoms with E-state index in [4.69, 9.17) is 0 Å². The molecule has 8 nitrogen and oxygen atoms in total. The minimum Gasteiger partial charge on any atom is -0.357 e. The van der Waals surface area contributed by atoms with Crippen molar-refractivity contribution in [2.45, 2.75) is 19.4 Å². The van der Waals surface area contributed by atoms with Crippen LogP contribution in [0, 0.1) is 5.82 Å². The smallest absolute Gasteiger partial charge is 0.191 e. The molecule has 3 heterocycles. The van der Waals surface area contributed by atoms with Gasteiger partial charge in [0.25, 0.3) is 0 Å². The van der Waals surface area contributed by atoms with E-state index < -0.39 is 9.84 Å². The quantitative estimate of drug-likeness (QED) is 0.505. The summed E-state index contributed by atoms with van der Waals surface area (Å²) in [5.41, 5.74) is 0. The first-order valence-corrected chi connectivity index (χ1v) is 11.6. The summed E-state index contributed by atoms with van der Waals surface area (Å²) in [6.07, 6.45) is 2.49. The third-order valence-corrected chi connectivity index (χ3v) is 6.64. The van der Waals surface area contributed by atoms with Gasteiger partial charge in [0.15, 0.2) is 27.4 Å². The summed E-state index contributed by atoms with van der Waals surface area (Å²) in [4.78, 5) is 12.9. The van der Waals surface area contributed by atoms with Crippen molar-refractivity contribution < 1.29 is 12.8 Å². The van der Waals surface area contributed by atoms with Crippen LogP contribution in [-0.4, -0.2) is 87.6 Å². The van der Waals surface area contributed by atoms with E-state index in [0.29, 0.717) is 32.0 Å². The van der Waals surface area contributed by atoms with Crippen molar-refractivity contribution in [3.05, 3.63) is 24.1 Å². The highest BCUT2D eigenvalue weighted by Crippen LogP contribution is 2.20. The standard InChI is InChI=1S/C18H29FN6O2S/c1-2-20-18(22-7-9-24-10-12-28(26,27)13-11-24)23-15-5-8-25(14-15)17-16(19)4-3-6-21-17/h3-4,6,15H,2,5,7-14H2,1H3,(H2,20,22,23). The maximum absolute atomic E-state index is 13.9. The summed E-state index contributed by atoms with van der Waals surface area (Å²) in [5, 5.41) is 6.66. The Hall–Kier alpha value is -1.94. The van der Waals surface area contributed by atoms with E-state index in [1.807, 2.05) is 11.8 Å². The number of halogens is 1. The summed E-state index contributed by atoms with van der Waals surface area (Å²) < 4.78 is 36.9. The summed E-state index contributed by atoms with van der Waals surface area (Å²) in [5.74, 6) is 1.30. The Kier molecular flexibility index (Phi) is 7.06. The summed E-state index contributed by atoms with van der Waals surface area (Å²) in [7, 11) is -2.85. The van der Waals surface area contributed by atoms with Crippen molar-refractivity contribution in [2.75, 3.05) is 62.2 Å². The van der Waals surface area contributed by atoms with Crippen molar-refractivity contribution in [2.24, 2.45) is 4.99 Å². The lowest BCUT2D eigenvalue weighted by Crippen LogP contribution is -2.45. The number of hydrogen-bond donors (Lipinski definition) is 2. The molecule has 1 aromatic heterocycles. The number of rotatable bonds is 6. The van der Waals surface area contributed by atoms with Gasteiger partial charge in [0, 0.05) is 51.5 Å². The Balaban J connectivity index is 1.49. The van der Waals surface area contributed by atoms with Crippen LogP contribution in [0.15, 0.2) is 23.3 Å². The molecule has 0 spiro atoms. The predicted molar refractivity (Wildman–Crippen MR) is 109 cm³/mol. The zero-order valence-corrected chi connectivity index (χ0v) is 17.1. The molecule has 0 aromatic carbocycles. The third-order valence-electron chi connectivity index (χ3n) is 5.04. The second-order valence-corrected chi connectivity index (χ2v) is 9.44. The molecule has 2 N–H and O–H groups in total. The minimum atomic E-state index is -2.85. The number of aliphatic imine (C=N–C) groups is 1. The second-order valence-electron chi connectivity index (χ2n) is 7.14. The molecule has 1 atom stereocenters. The van der Waals surface area contributed by atoms with Gasteiger partial charge in [-0.05, 0) is 25.5 Å². The highest BCUT2D eigenvalue weighted by atomic mass is 32.2. The Labute approximate surface area is 166 Å². The molecule has 2 fully saturated rings. The van der Waals surface area contributed by atoms with Crippen molar-refractivity contribution in [3.63, 3.8) is 0 Å². The minimum absolute atomic E-state index is 0.166. The fourth-order valence-corrected chi connectivity index (χ4v) is 4.75. The van der Waals surface area contributed by atoms with Gasteiger partial charge in [0.2, 0.25) is 0 Å². The SMILES string of the molecule is CCNC(=NCCN1CCS(=O)(=O)CC1)NC1CCN(c2ncccc2F)C1. The van der Waals surface area contributed by atoms with Gasteiger partial charge in [-0.3, -0.25) is 9.89 Å². The van der Waals surface area contributed by atoms with E-state index in [1.165, 1.54) is 6.07 Å². The lowest BCUT2D eigenvalue weighted by atomic mass is 10.3. The Morgan fingerprint density at radius 1 is 1.36 bits per heavy atom. The Morgan fingerprint density at radius 3 is 2.86 bits per heavy atom. The lowest BCUT2D eigenvalue weighted by Gasteiger charge is -2.26. The molecule has 0 amide bonds. The van der Waals surface area contributed by atoms with Crippen LogP contribution in [0.1, 0.15) is 13.3 Å². The number of sulfone groups is 1. The molecule has 2 aliphatic heterocycles. The average Bonchev–Trinajstić information content (AvgIpc) is 3.12. The maximum Gasteiger partial charge on any atom is 0.191 e. The molecule has 0 radical (unpaired) electrons. The first-order valence-electron chi connectivity index (χ1n) is 9.80. The van der Waals surface area contributed by atoms with Gasteiger partial charge in [-0.2, -0.15) is 0 Å². The van der Waals surface area contributed by atoms with Gasteiger partial charge >= 0.3 is 0 Å². The van der Waals surface area contributed by atoms with E-state index in [1.54, 1.807) is 12.3 Å². The van der Waals surface area contributed by atoms with Gasteiger partial charge in [-0.25, -0.2) is 17.8 Å². The van der Waals surface area contributed by atoms with Gasteiger partial charge in [-0.1, -0.05) is 0 Å². The highest BCUT2D eigenvalue weighted by molar-refractivity contribution is 7.91. The van der Waals surface area contributed by atoms with Crippen LogP contribution in [0.5, 0.6) is 0 Å². The fourth-order valence-electron chi connectivity index (χ4n) is 3.47. The lowest BCUT2D eigenvalue weighted by molar-refractivity contribution is 0.304. The first kappa shape index (κ1) is 20.8. The molecule has 10 heteroatoms. The van der Waals surface area contributed by atoms with Crippen molar-refractivity contribution >= 4 is 21.6 Å². The molecule has 1 aromatic rings. The first-order chi connectivity index (χ1) is 13.5. The predicted octanol–water partition coefficient (Wildman–Crippen LogP) is 0.0849. The van der Waals surface area contributed by atoms with Crippen LogP contribution in [0.2, 0.25) is 0 Å². The summed E-state index contributed by atoms with van der Waals surface area (Å²) in [6, 6.07) is 3.19. The van der Waals surface area contributed by atoms with Gasteiger partial charge in [0.05, 0.1) is 18.1 Å². The van der Waals surface area contributed by atoms with Crippen molar-refractivity contribution in [1.29, 1.82) is 0 Å². The molecule has 156 valence electrons. The van der Waals surface area contributed by atoms with E-state index >= 15 is 0 Å².